The van der Waals surface area contributed by atoms with E-state index in [0.717, 1.165) is 0 Å². The van der Waals surface area contributed by atoms with Gasteiger partial charge in [-0.05, 0) is 18.2 Å². The normalized spacial score (nSPS) is 10.3. The first-order valence-corrected chi connectivity index (χ1v) is 5.38. The number of ether oxygens (including phenoxy) is 2. The van der Waals surface area contributed by atoms with Crippen molar-refractivity contribution in [3.8, 4) is 11.8 Å². The molecule has 0 atom stereocenters. The van der Waals surface area contributed by atoms with Gasteiger partial charge >= 0.3 is 5.97 Å². The van der Waals surface area contributed by atoms with Gasteiger partial charge in [0.1, 0.15) is 11.8 Å². The molecule has 0 aliphatic rings. The molecule has 0 aliphatic heterocycles. The second-order valence-electron chi connectivity index (χ2n) is 3.50. The molecule has 104 valence electrons. The number of benzene rings is 1. The van der Waals surface area contributed by atoms with E-state index in [-0.39, 0.29) is 11.3 Å². The summed E-state index contributed by atoms with van der Waals surface area (Å²) in [6, 6.07) is 6.25. The summed E-state index contributed by atoms with van der Waals surface area (Å²) in [7, 11) is 2.70. The van der Waals surface area contributed by atoms with Crippen LogP contribution in [0.15, 0.2) is 23.3 Å². The number of hydrogen-bond acceptors (Lipinski definition) is 7. The van der Waals surface area contributed by atoms with Crippen LogP contribution >= 0.6 is 0 Å². The van der Waals surface area contributed by atoms with Crippen LogP contribution in [0, 0.1) is 16.7 Å². The first-order chi connectivity index (χ1) is 9.53. The molecule has 1 aromatic carbocycles. The number of carbonyl (C=O) groups is 1. The molecule has 1 aromatic rings. The Bertz CT molecular complexity index is 604. The number of nitrogens with one attached hydrogen (secondary N) is 2. The zero-order valence-electron chi connectivity index (χ0n) is 10.9. The van der Waals surface area contributed by atoms with Crippen molar-refractivity contribution >= 4 is 23.2 Å². The number of hydrazone groups is 1. The van der Waals surface area contributed by atoms with Crippen LogP contribution in [0.2, 0.25) is 0 Å². The Balaban J connectivity index is 3.15. The van der Waals surface area contributed by atoms with Crippen molar-refractivity contribution in [2.75, 3.05) is 19.6 Å². The van der Waals surface area contributed by atoms with Crippen molar-refractivity contribution < 1.29 is 14.3 Å². The minimum atomic E-state index is -0.595. The first-order valence-electron chi connectivity index (χ1n) is 5.38. The van der Waals surface area contributed by atoms with E-state index in [9.17, 15) is 4.79 Å². The van der Waals surface area contributed by atoms with E-state index in [2.05, 4.69) is 15.3 Å². The summed E-state index contributed by atoms with van der Waals surface area (Å²) >= 11 is 0. The van der Waals surface area contributed by atoms with Gasteiger partial charge < -0.3 is 15.2 Å². The van der Waals surface area contributed by atoms with Crippen LogP contribution in [-0.4, -0.2) is 31.7 Å². The van der Waals surface area contributed by atoms with Gasteiger partial charge in [0.05, 0.1) is 25.5 Å². The van der Waals surface area contributed by atoms with Gasteiger partial charge in [0.2, 0.25) is 5.71 Å². The first kappa shape index (κ1) is 15.0. The fourth-order valence-corrected chi connectivity index (χ4v) is 1.29. The Morgan fingerprint density at radius 1 is 1.50 bits per heavy atom. The lowest BCUT2D eigenvalue weighted by molar-refractivity contribution is 0.0601. The highest BCUT2D eigenvalue weighted by Crippen LogP contribution is 2.22. The quantitative estimate of drug-likeness (QED) is 0.313. The highest BCUT2D eigenvalue weighted by Gasteiger charge is 2.13. The monoisotopic (exact) mass is 275 g/mol. The van der Waals surface area contributed by atoms with Gasteiger partial charge in [-0.3, -0.25) is 10.8 Å². The Kier molecular flexibility index (Phi) is 5.05. The van der Waals surface area contributed by atoms with E-state index in [0.29, 0.717) is 11.4 Å². The molecule has 0 aliphatic carbocycles. The molecule has 8 heteroatoms. The van der Waals surface area contributed by atoms with E-state index >= 15 is 0 Å². The van der Waals surface area contributed by atoms with Crippen LogP contribution in [0.5, 0.6) is 5.75 Å². The third-order valence-corrected chi connectivity index (χ3v) is 2.28. The van der Waals surface area contributed by atoms with E-state index in [1.165, 1.54) is 26.4 Å². The number of amidine groups is 1. The highest BCUT2D eigenvalue weighted by molar-refractivity contribution is 6.45. The third-order valence-electron chi connectivity index (χ3n) is 2.28. The lowest BCUT2D eigenvalue weighted by Crippen LogP contribution is -2.22. The molecule has 0 saturated carbocycles. The summed E-state index contributed by atoms with van der Waals surface area (Å²) in [6.45, 7) is 0. The van der Waals surface area contributed by atoms with E-state index < -0.39 is 11.8 Å². The highest BCUT2D eigenvalue weighted by atomic mass is 16.5. The Labute approximate surface area is 115 Å². The van der Waals surface area contributed by atoms with Crippen LogP contribution in [0.3, 0.4) is 0 Å². The molecule has 1 rings (SSSR count). The zero-order chi connectivity index (χ0) is 15.1. The molecule has 0 radical (unpaired) electrons. The van der Waals surface area contributed by atoms with Gasteiger partial charge in [0.15, 0.2) is 5.84 Å². The van der Waals surface area contributed by atoms with Gasteiger partial charge in [-0.1, -0.05) is 0 Å². The molecule has 0 saturated heterocycles. The molecular formula is C12H13N5O3. The summed E-state index contributed by atoms with van der Waals surface area (Å²) in [5.74, 6) is -0.608. The minimum absolute atomic E-state index is 0.177. The number of carbonyl (C=O) groups excluding carboxylic acids is 1. The number of nitriles is 1. The average molecular weight is 275 g/mol. The maximum absolute atomic E-state index is 11.7. The summed E-state index contributed by atoms with van der Waals surface area (Å²) < 4.78 is 9.65. The molecule has 20 heavy (non-hydrogen) atoms. The fourth-order valence-electron chi connectivity index (χ4n) is 1.29. The van der Waals surface area contributed by atoms with Gasteiger partial charge in [-0.25, -0.2) is 4.79 Å². The van der Waals surface area contributed by atoms with Crippen LogP contribution < -0.4 is 15.9 Å². The van der Waals surface area contributed by atoms with Gasteiger partial charge in [0.25, 0.3) is 0 Å². The third kappa shape index (κ3) is 3.46. The van der Waals surface area contributed by atoms with Gasteiger partial charge in [-0.2, -0.15) is 10.4 Å². The molecular weight excluding hydrogens is 262 g/mol. The summed E-state index contributed by atoms with van der Waals surface area (Å²) in [5, 5.41) is 19.5. The molecule has 0 aromatic heterocycles. The second-order valence-corrected chi connectivity index (χ2v) is 3.50. The fraction of sp³-hybridized carbons (Fsp3) is 0.167. The van der Waals surface area contributed by atoms with Crippen molar-refractivity contribution in [1.82, 2.24) is 0 Å². The molecule has 4 N–H and O–H groups in total. The Hall–Kier alpha value is -3.08. The minimum Gasteiger partial charge on any atom is -0.497 e. The molecule has 0 fully saturated rings. The summed E-state index contributed by atoms with van der Waals surface area (Å²) in [6.07, 6.45) is 0. The Morgan fingerprint density at radius 3 is 2.70 bits per heavy atom. The number of nitrogens with two attached hydrogens (primary N) is 1. The number of anilines is 1. The number of esters is 1. The molecule has 0 amide bonds. The Morgan fingerprint density at radius 2 is 2.20 bits per heavy atom. The molecule has 0 heterocycles. The maximum atomic E-state index is 11.7. The lowest BCUT2D eigenvalue weighted by Gasteiger charge is -2.09. The predicted molar refractivity (Wildman–Crippen MR) is 72.9 cm³/mol. The standard InChI is InChI=1S/C12H13N5O3/c1-19-7-3-4-9(8(5-7)12(18)20-2)16-17-10(6-13)11(14)15/h3-5,16H,1-2H3,(H3,14,15)/b17-10+. The smallest absolute Gasteiger partial charge is 0.340 e. The maximum Gasteiger partial charge on any atom is 0.340 e. The van der Waals surface area contributed by atoms with Crippen molar-refractivity contribution in [2.45, 2.75) is 0 Å². The molecule has 0 spiro atoms. The molecule has 0 bridgehead atoms. The lowest BCUT2D eigenvalue weighted by atomic mass is 10.1. The number of nitrogens with zero attached hydrogens (tertiary/aromatic N) is 2. The number of methoxy groups -OCH3 is 2. The van der Waals surface area contributed by atoms with Crippen LogP contribution in [0.25, 0.3) is 0 Å². The van der Waals surface area contributed by atoms with E-state index in [4.69, 9.17) is 21.1 Å². The average Bonchev–Trinajstić information content (AvgIpc) is 2.46. The molecule has 8 nitrogen and oxygen atoms in total. The van der Waals surface area contributed by atoms with E-state index in [1.54, 1.807) is 12.1 Å². The number of rotatable bonds is 5. The van der Waals surface area contributed by atoms with Crippen molar-refractivity contribution in [3.05, 3.63) is 23.8 Å². The van der Waals surface area contributed by atoms with Crippen molar-refractivity contribution in [2.24, 2.45) is 10.8 Å². The number of hydrogen-bond donors (Lipinski definition) is 3. The molecule has 0 unspecified atom stereocenters. The van der Waals surface area contributed by atoms with Gasteiger partial charge in [0, 0.05) is 0 Å². The SMILES string of the molecule is COC(=O)c1cc(OC)ccc1N/N=C(\C#N)C(=N)N. The van der Waals surface area contributed by atoms with Crippen LogP contribution in [-0.2, 0) is 4.74 Å². The predicted octanol–water partition coefficient (Wildman–Crippen LogP) is 0.709. The zero-order valence-corrected chi connectivity index (χ0v) is 10.9. The second kappa shape index (κ2) is 6.75. The van der Waals surface area contributed by atoms with Crippen LogP contribution in [0.4, 0.5) is 5.69 Å². The summed E-state index contributed by atoms with van der Waals surface area (Å²) in [5.41, 5.74) is 7.84. The van der Waals surface area contributed by atoms with Gasteiger partial charge in [-0.15, -0.1) is 0 Å². The van der Waals surface area contributed by atoms with Crippen molar-refractivity contribution in [3.63, 3.8) is 0 Å². The van der Waals surface area contributed by atoms with Crippen molar-refractivity contribution in [1.29, 1.82) is 10.7 Å². The topological polar surface area (TPSA) is 134 Å². The van der Waals surface area contributed by atoms with Crippen LogP contribution in [0.1, 0.15) is 10.4 Å². The van der Waals surface area contributed by atoms with E-state index in [1.807, 2.05) is 0 Å². The largest absolute Gasteiger partial charge is 0.497 e. The summed E-state index contributed by atoms with van der Waals surface area (Å²) in [4.78, 5) is 11.7.